The van der Waals surface area contributed by atoms with Gasteiger partial charge in [-0.25, -0.2) is 4.98 Å². The molecule has 0 unspecified atom stereocenters. The van der Waals surface area contributed by atoms with Crippen molar-refractivity contribution >= 4 is 5.91 Å². The van der Waals surface area contributed by atoms with Crippen LogP contribution < -0.4 is 10.6 Å². The van der Waals surface area contributed by atoms with Crippen LogP contribution in [-0.2, 0) is 0 Å². The van der Waals surface area contributed by atoms with Gasteiger partial charge in [0.15, 0.2) is 5.69 Å². The summed E-state index contributed by atoms with van der Waals surface area (Å²) >= 11 is 0. The van der Waals surface area contributed by atoms with Crippen molar-refractivity contribution in [1.82, 2.24) is 15.6 Å². The van der Waals surface area contributed by atoms with Crippen LogP contribution in [0.15, 0.2) is 18.3 Å². The highest BCUT2D eigenvalue weighted by Gasteiger charge is 2.18. The van der Waals surface area contributed by atoms with Crippen molar-refractivity contribution in [3.8, 4) is 5.75 Å². The first-order valence-corrected chi connectivity index (χ1v) is 5.43. The molecule has 0 aliphatic carbocycles. The van der Waals surface area contributed by atoms with E-state index in [2.05, 4.69) is 15.6 Å². The summed E-state index contributed by atoms with van der Waals surface area (Å²) in [7, 11) is 0. The molecule has 1 aliphatic rings. The molecule has 0 bridgehead atoms. The zero-order valence-corrected chi connectivity index (χ0v) is 8.94. The van der Waals surface area contributed by atoms with Gasteiger partial charge in [-0.3, -0.25) is 4.79 Å². The minimum absolute atomic E-state index is 0.0798. The SMILES string of the molecule is O=C(N[C@@H]1CCCNC1)c1ncccc1O. The maximum absolute atomic E-state index is 11.8. The molecule has 2 heterocycles. The first-order chi connectivity index (χ1) is 7.77. The maximum atomic E-state index is 11.8. The van der Waals surface area contributed by atoms with Gasteiger partial charge in [-0.05, 0) is 31.5 Å². The molecule has 0 radical (unpaired) electrons. The molecule has 5 heteroatoms. The zero-order valence-electron chi connectivity index (χ0n) is 8.94. The van der Waals surface area contributed by atoms with Crippen molar-refractivity contribution in [3.05, 3.63) is 24.0 Å². The van der Waals surface area contributed by atoms with Gasteiger partial charge in [-0.15, -0.1) is 0 Å². The molecular weight excluding hydrogens is 206 g/mol. The van der Waals surface area contributed by atoms with Crippen LogP contribution >= 0.6 is 0 Å². The van der Waals surface area contributed by atoms with Gasteiger partial charge < -0.3 is 15.7 Å². The molecule has 1 aromatic rings. The zero-order chi connectivity index (χ0) is 11.4. The number of pyridine rings is 1. The summed E-state index contributed by atoms with van der Waals surface area (Å²) in [4.78, 5) is 15.6. The van der Waals surface area contributed by atoms with Crippen LogP contribution in [0.5, 0.6) is 5.75 Å². The molecule has 1 fully saturated rings. The molecular formula is C11H15N3O2. The molecule has 1 amide bonds. The number of piperidine rings is 1. The Morgan fingerprint density at radius 3 is 3.19 bits per heavy atom. The fourth-order valence-corrected chi connectivity index (χ4v) is 1.80. The Balaban J connectivity index is 2.00. The lowest BCUT2D eigenvalue weighted by molar-refractivity contribution is 0.0922. The van der Waals surface area contributed by atoms with E-state index in [1.165, 1.54) is 12.3 Å². The van der Waals surface area contributed by atoms with Crippen LogP contribution in [-0.4, -0.2) is 35.1 Å². The van der Waals surface area contributed by atoms with Crippen molar-refractivity contribution < 1.29 is 9.90 Å². The first kappa shape index (κ1) is 10.9. The Hall–Kier alpha value is -1.62. The highest BCUT2D eigenvalue weighted by atomic mass is 16.3. The minimum Gasteiger partial charge on any atom is -0.505 e. The van der Waals surface area contributed by atoms with E-state index in [1.54, 1.807) is 6.07 Å². The van der Waals surface area contributed by atoms with Gasteiger partial charge in [-0.2, -0.15) is 0 Å². The lowest BCUT2D eigenvalue weighted by atomic mass is 10.1. The summed E-state index contributed by atoms with van der Waals surface area (Å²) < 4.78 is 0. The quantitative estimate of drug-likeness (QED) is 0.670. The third kappa shape index (κ3) is 2.49. The first-order valence-electron chi connectivity index (χ1n) is 5.43. The molecule has 1 aliphatic heterocycles. The van der Waals surface area contributed by atoms with E-state index in [9.17, 15) is 9.90 Å². The normalized spacial score (nSPS) is 20.4. The van der Waals surface area contributed by atoms with E-state index >= 15 is 0 Å². The summed E-state index contributed by atoms with van der Waals surface area (Å²) in [5, 5.41) is 15.5. The van der Waals surface area contributed by atoms with E-state index in [0.717, 1.165) is 25.9 Å². The predicted molar refractivity (Wildman–Crippen MR) is 59.3 cm³/mol. The number of amides is 1. The van der Waals surface area contributed by atoms with Gasteiger partial charge in [-0.1, -0.05) is 0 Å². The van der Waals surface area contributed by atoms with Crippen LogP contribution in [0.1, 0.15) is 23.3 Å². The van der Waals surface area contributed by atoms with Crippen LogP contribution in [0, 0.1) is 0 Å². The third-order valence-electron chi connectivity index (χ3n) is 2.63. The number of hydrogen-bond donors (Lipinski definition) is 3. The van der Waals surface area contributed by atoms with E-state index in [4.69, 9.17) is 0 Å². The Morgan fingerprint density at radius 2 is 2.50 bits per heavy atom. The Labute approximate surface area is 93.9 Å². The molecule has 3 N–H and O–H groups in total. The van der Waals surface area contributed by atoms with Crippen LogP contribution in [0.2, 0.25) is 0 Å². The number of hydrogen-bond acceptors (Lipinski definition) is 4. The number of carbonyl (C=O) groups excluding carboxylic acids is 1. The molecule has 0 aromatic carbocycles. The number of aromatic nitrogens is 1. The second-order valence-corrected chi connectivity index (χ2v) is 3.89. The van der Waals surface area contributed by atoms with Crippen molar-refractivity contribution in [3.63, 3.8) is 0 Å². The number of nitrogens with zero attached hydrogens (tertiary/aromatic N) is 1. The lowest BCUT2D eigenvalue weighted by Crippen LogP contribution is -2.45. The average Bonchev–Trinajstić information content (AvgIpc) is 2.31. The van der Waals surface area contributed by atoms with Gasteiger partial charge in [0.05, 0.1) is 0 Å². The highest BCUT2D eigenvalue weighted by molar-refractivity contribution is 5.94. The topological polar surface area (TPSA) is 74.2 Å². The van der Waals surface area contributed by atoms with E-state index < -0.39 is 0 Å². The largest absolute Gasteiger partial charge is 0.505 e. The van der Waals surface area contributed by atoms with Gasteiger partial charge in [0.1, 0.15) is 5.75 Å². The second kappa shape index (κ2) is 4.94. The van der Waals surface area contributed by atoms with E-state index in [0.29, 0.717) is 0 Å². The summed E-state index contributed by atoms with van der Waals surface area (Å²) in [5.41, 5.74) is 0.0908. The molecule has 0 spiro atoms. The summed E-state index contributed by atoms with van der Waals surface area (Å²) in [5.74, 6) is -0.393. The maximum Gasteiger partial charge on any atom is 0.273 e. The fourth-order valence-electron chi connectivity index (χ4n) is 1.80. The third-order valence-corrected chi connectivity index (χ3v) is 2.63. The minimum atomic E-state index is -0.313. The summed E-state index contributed by atoms with van der Waals surface area (Å²) in [6, 6.07) is 3.18. The van der Waals surface area contributed by atoms with Crippen LogP contribution in [0.4, 0.5) is 0 Å². The molecule has 2 rings (SSSR count). The van der Waals surface area contributed by atoms with Crippen molar-refractivity contribution in [2.24, 2.45) is 0 Å². The van der Waals surface area contributed by atoms with E-state index in [-0.39, 0.29) is 23.4 Å². The molecule has 5 nitrogen and oxygen atoms in total. The monoisotopic (exact) mass is 221 g/mol. The number of carbonyl (C=O) groups is 1. The Bertz CT molecular complexity index is 375. The van der Waals surface area contributed by atoms with Crippen molar-refractivity contribution in [1.29, 1.82) is 0 Å². The summed E-state index contributed by atoms with van der Waals surface area (Å²) in [6.07, 6.45) is 3.51. The van der Waals surface area contributed by atoms with Gasteiger partial charge in [0.2, 0.25) is 0 Å². The number of aromatic hydroxyl groups is 1. The number of nitrogens with one attached hydrogen (secondary N) is 2. The predicted octanol–water partition coefficient (Wildman–Crippen LogP) is 0.269. The second-order valence-electron chi connectivity index (χ2n) is 3.89. The van der Waals surface area contributed by atoms with E-state index in [1.807, 2.05) is 0 Å². The van der Waals surface area contributed by atoms with Gasteiger partial charge in [0.25, 0.3) is 5.91 Å². The van der Waals surface area contributed by atoms with Crippen molar-refractivity contribution in [2.75, 3.05) is 13.1 Å². The van der Waals surface area contributed by atoms with Crippen LogP contribution in [0.3, 0.4) is 0 Å². The molecule has 1 saturated heterocycles. The molecule has 1 aromatic heterocycles. The highest BCUT2D eigenvalue weighted by Crippen LogP contribution is 2.13. The molecule has 16 heavy (non-hydrogen) atoms. The van der Waals surface area contributed by atoms with Crippen molar-refractivity contribution in [2.45, 2.75) is 18.9 Å². The molecule has 0 saturated carbocycles. The Kier molecular flexibility index (Phi) is 3.36. The van der Waals surface area contributed by atoms with Gasteiger partial charge in [0, 0.05) is 18.8 Å². The average molecular weight is 221 g/mol. The summed E-state index contributed by atoms with van der Waals surface area (Å²) in [6.45, 7) is 1.78. The van der Waals surface area contributed by atoms with Gasteiger partial charge >= 0.3 is 0 Å². The Morgan fingerprint density at radius 1 is 1.62 bits per heavy atom. The van der Waals surface area contributed by atoms with Crippen LogP contribution in [0.25, 0.3) is 0 Å². The number of rotatable bonds is 2. The molecule has 1 atom stereocenters. The molecule has 86 valence electrons. The smallest absolute Gasteiger partial charge is 0.273 e. The fraction of sp³-hybridized carbons (Fsp3) is 0.455. The lowest BCUT2D eigenvalue weighted by Gasteiger charge is -2.23. The standard InChI is InChI=1S/C11H15N3O2/c15-9-4-2-6-13-10(9)11(16)14-8-3-1-5-12-7-8/h2,4,6,8,12,15H,1,3,5,7H2,(H,14,16)/t8-/m1/s1.